The van der Waals surface area contributed by atoms with Crippen molar-refractivity contribution >= 4 is 44.8 Å². The summed E-state index contributed by atoms with van der Waals surface area (Å²) in [6, 6.07) is 7.10. The number of hydrogen-bond donors (Lipinski definition) is 1. The summed E-state index contributed by atoms with van der Waals surface area (Å²) in [5.41, 5.74) is 0.150. The molecule has 0 saturated heterocycles. The van der Waals surface area contributed by atoms with Crippen molar-refractivity contribution in [1.29, 1.82) is 0 Å². The van der Waals surface area contributed by atoms with E-state index in [0.717, 1.165) is 18.4 Å². The number of sulfonamides is 1. The highest BCUT2D eigenvalue weighted by Crippen LogP contribution is 2.23. The number of benzene rings is 2. The number of carbonyl (C=O) groups excluding carboxylic acids is 1. The summed E-state index contributed by atoms with van der Waals surface area (Å²) in [4.78, 5) is 12.1. The van der Waals surface area contributed by atoms with E-state index < -0.39 is 39.8 Å². The van der Waals surface area contributed by atoms with Crippen LogP contribution in [0.15, 0.2) is 36.4 Å². The van der Waals surface area contributed by atoms with Gasteiger partial charge >= 0.3 is 0 Å². The van der Waals surface area contributed by atoms with E-state index in [4.69, 9.17) is 23.2 Å². The van der Waals surface area contributed by atoms with E-state index >= 15 is 0 Å². The van der Waals surface area contributed by atoms with E-state index in [-0.39, 0.29) is 6.54 Å². The summed E-state index contributed by atoms with van der Waals surface area (Å²) in [6.45, 7) is -0.648. The number of hydrogen-bond acceptors (Lipinski definition) is 3. The highest BCUT2D eigenvalue weighted by molar-refractivity contribution is 7.92. The van der Waals surface area contributed by atoms with Gasteiger partial charge in [-0.1, -0.05) is 29.3 Å². The molecule has 0 aliphatic heterocycles. The smallest absolute Gasteiger partial charge is 0.241 e. The molecule has 0 bridgehead atoms. The van der Waals surface area contributed by atoms with Gasteiger partial charge in [0.25, 0.3) is 0 Å². The SMILES string of the molecule is CS(=O)(=O)N(CC(=O)NCc1ccc(Cl)cc1Cl)c1ccc(F)cc1F. The van der Waals surface area contributed by atoms with Crippen molar-refractivity contribution in [3.8, 4) is 0 Å². The molecule has 0 heterocycles. The van der Waals surface area contributed by atoms with Crippen molar-refractivity contribution in [1.82, 2.24) is 5.32 Å². The molecule has 140 valence electrons. The molecule has 0 aliphatic carbocycles. The maximum absolute atomic E-state index is 13.9. The summed E-state index contributed by atoms with van der Waals surface area (Å²) in [6.07, 6.45) is 0.819. The largest absolute Gasteiger partial charge is 0.350 e. The highest BCUT2D eigenvalue weighted by atomic mass is 35.5. The quantitative estimate of drug-likeness (QED) is 0.775. The second-order valence-corrected chi connectivity index (χ2v) is 8.13. The summed E-state index contributed by atoms with van der Waals surface area (Å²) in [5, 5.41) is 3.26. The number of nitrogens with one attached hydrogen (secondary N) is 1. The second-order valence-electron chi connectivity index (χ2n) is 5.38. The molecule has 0 spiro atoms. The number of halogens is 4. The molecule has 2 rings (SSSR count). The van der Waals surface area contributed by atoms with Gasteiger partial charge in [0, 0.05) is 22.7 Å². The van der Waals surface area contributed by atoms with Crippen LogP contribution in [0.3, 0.4) is 0 Å². The van der Waals surface area contributed by atoms with Gasteiger partial charge in [0.2, 0.25) is 15.9 Å². The monoisotopic (exact) mass is 422 g/mol. The molecule has 5 nitrogen and oxygen atoms in total. The van der Waals surface area contributed by atoms with Gasteiger partial charge in [-0.05, 0) is 29.8 Å². The molecule has 0 fully saturated rings. The van der Waals surface area contributed by atoms with Crippen molar-refractivity contribution < 1.29 is 22.0 Å². The standard InChI is InChI=1S/C16H14Cl2F2N2O3S/c1-26(24,25)22(15-5-4-12(19)7-14(15)20)9-16(23)21-8-10-2-3-11(17)6-13(10)18/h2-7H,8-9H2,1H3,(H,21,23). The van der Waals surface area contributed by atoms with Crippen LogP contribution in [0.4, 0.5) is 14.5 Å². The highest BCUT2D eigenvalue weighted by Gasteiger charge is 2.24. The van der Waals surface area contributed by atoms with Crippen LogP contribution in [-0.4, -0.2) is 27.1 Å². The maximum atomic E-state index is 13.9. The third kappa shape index (κ3) is 5.30. The topological polar surface area (TPSA) is 66.5 Å². The Hall–Kier alpha value is -1.90. The van der Waals surface area contributed by atoms with Crippen molar-refractivity contribution in [2.75, 3.05) is 17.1 Å². The zero-order chi connectivity index (χ0) is 19.5. The molecule has 10 heteroatoms. The number of anilines is 1. The molecule has 26 heavy (non-hydrogen) atoms. The lowest BCUT2D eigenvalue weighted by Gasteiger charge is -2.22. The average Bonchev–Trinajstić information content (AvgIpc) is 2.51. The Morgan fingerprint density at radius 3 is 2.42 bits per heavy atom. The molecule has 0 saturated carbocycles. The zero-order valence-electron chi connectivity index (χ0n) is 13.5. The van der Waals surface area contributed by atoms with E-state index in [1.807, 2.05) is 0 Å². The van der Waals surface area contributed by atoms with Crippen molar-refractivity contribution in [2.24, 2.45) is 0 Å². The van der Waals surface area contributed by atoms with E-state index in [0.29, 0.717) is 26.0 Å². The summed E-state index contributed by atoms with van der Waals surface area (Å²) in [5.74, 6) is -2.64. The van der Waals surface area contributed by atoms with E-state index in [9.17, 15) is 22.0 Å². The number of rotatable bonds is 6. The van der Waals surface area contributed by atoms with Crippen LogP contribution in [0.2, 0.25) is 10.0 Å². The molecule has 0 radical (unpaired) electrons. The van der Waals surface area contributed by atoms with E-state index in [2.05, 4.69) is 5.32 Å². The van der Waals surface area contributed by atoms with Crippen molar-refractivity contribution in [2.45, 2.75) is 6.54 Å². The zero-order valence-corrected chi connectivity index (χ0v) is 15.8. The number of nitrogens with zero attached hydrogens (tertiary/aromatic N) is 1. The first-order chi connectivity index (χ1) is 12.1. The maximum Gasteiger partial charge on any atom is 0.241 e. The Balaban J connectivity index is 2.14. The molecule has 0 unspecified atom stereocenters. The fourth-order valence-electron chi connectivity index (χ4n) is 2.11. The van der Waals surface area contributed by atoms with Crippen LogP contribution in [0.5, 0.6) is 0 Å². The molecule has 1 amide bonds. The van der Waals surface area contributed by atoms with E-state index in [1.54, 1.807) is 12.1 Å². The average molecular weight is 423 g/mol. The second kappa shape index (κ2) is 8.20. The molecular formula is C16H14Cl2F2N2O3S. The van der Waals surface area contributed by atoms with Gasteiger partial charge in [0.15, 0.2) is 0 Å². The fraction of sp³-hybridized carbons (Fsp3) is 0.188. The first-order valence-corrected chi connectivity index (χ1v) is 9.82. The molecular weight excluding hydrogens is 409 g/mol. The lowest BCUT2D eigenvalue weighted by Crippen LogP contribution is -2.40. The minimum atomic E-state index is -3.98. The molecule has 0 atom stereocenters. The number of carbonyl (C=O) groups is 1. The Labute approximate surface area is 159 Å². The number of amides is 1. The molecule has 2 aromatic rings. The van der Waals surface area contributed by atoms with Gasteiger partial charge < -0.3 is 5.32 Å². The third-order valence-electron chi connectivity index (χ3n) is 3.36. The van der Waals surface area contributed by atoms with Gasteiger partial charge in [0.05, 0.1) is 11.9 Å². The van der Waals surface area contributed by atoms with Crippen LogP contribution >= 0.6 is 23.2 Å². The van der Waals surface area contributed by atoms with Crippen LogP contribution in [0, 0.1) is 11.6 Å². The minimum Gasteiger partial charge on any atom is -0.350 e. The summed E-state index contributed by atoms with van der Waals surface area (Å²) in [7, 11) is -3.98. The predicted molar refractivity (Wildman–Crippen MR) is 96.9 cm³/mol. The molecule has 0 aromatic heterocycles. The summed E-state index contributed by atoms with van der Waals surface area (Å²) >= 11 is 11.8. The Morgan fingerprint density at radius 1 is 1.15 bits per heavy atom. The van der Waals surface area contributed by atoms with Gasteiger partial charge in [-0.2, -0.15) is 0 Å². The molecule has 2 aromatic carbocycles. The lowest BCUT2D eigenvalue weighted by atomic mass is 10.2. The third-order valence-corrected chi connectivity index (χ3v) is 5.07. The predicted octanol–water partition coefficient (Wildman–Crippen LogP) is 3.35. The van der Waals surface area contributed by atoms with E-state index in [1.165, 1.54) is 6.07 Å². The van der Waals surface area contributed by atoms with Crippen LogP contribution in [-0.2, 0) is 21.4 Å². The fourth-order valence-corrected chi connectivity index (χ4v) is 3.44. The Kier molecular flexibility index (Phi) is 6.44. The summed E-state index contributed by atoms with van der Waals surface area (Å²) < 4.78 is 51.3. The Morgan fingerprint density at radius 2 is 1.85 bits per heavy atom. The first kappa shape index (κ1) is 20.4. The van der Waals surface area contributed by atoms with Gasteiger partial charge in [-0.25, -0.2) is 17.2 Å². The van der Waals surface area contributed by atoms with Crippen LogP contribution in [0.1, 0.15) is 5.56 Å². The van der Waals surface area contributed by atoms with Crippen LogP contribution in [0.25, 0.3) is 0 Å². The molecule has 0 aliphatic rings. The van der Waals surface area contributed by atoms with Crippen molar-refractivity contribution in [3.63, 3.8) is 0 Å². The van der Waals surface area contributed by atoms with Gasteiger partial charge in [-0.3, -0.25) is 9.10 Å². The Bertz CT molecular complexity index is 939. The lowest BCUT2D eigenvalue weighted by molar-refractivity contribution is -0.119. The van der Waals surface area contributed by atoms with Gasteiger partial charge in [0.1, 0.15) is 18.2 Å². The van der Waals surface area contributed by atoms with Gasteiger partial charge in [-0.15, -0.1) is 0 Å². The minimum absolute atomic E-state index is 0.0261. The first-order valence-electron chi connectivity index (χ1n) is 7.21. The normalized spacial score (nSPS) is 11.3. The molecule has 1 N–H and O–H groups in total. The van der Waals surface area contributed by atoms with Crippen molar-refractivity contribution in [3.05, 3.63) is 63.6 Å². The van der Waals surface area contributed by atoms with Crippen LogP contribution < -0.4 is 9.62 Å².